The van der Waals surface area contributed by atoms with Crippen molar-refractivity contribution in [2.24, 2.45) is 5.16 Å². The van der Waals surface area contributed by atoms with Gasteiger partial charge in [0.25, 0.3) is 0 Å². The van der Waals surface area contributed by atoms with Crippen molar-refractivity contribution < 1.29 is 19.0 Å². The maximum Gasteiger partial charge on any atom is 0.365 e. The predicted molar refractivity (Wildman–Crippen MR) is 84.2 cm³/mol. The number of hydrogen-bond donors (Lipinski definition) is 1. The van der Waals surface area contributed by atoms with Crippen LogP contribution >= 0.6 is 0 Å². The molecule has 0 radical (unpaired) electrons. The van der Waals surface area contributed by atoms with Crippen LogP contribution < -0.4 is 5.73 Å². The summed E-state index contributed by atoms with van der Waals surface area (Å²) in [5.41, 5.74) is 7.41. The van der Waals surface area contributed by atoms with Gasteiger partial charge in [0.05, 0.1) is 18.8 Å². The number of nitrogens with two attached hydrogens (primary N) is 1. The number of anilines is 1. The van der Waals surface area contributed by atoms with Gasteiger partial charge in [-0.2, -0.15) is 0 Å². The molecule has 0 unspecified atom stereocenters. The minimum Gasteiger partial charge on any atom is -0.379 e. The number of carbonyl (C=O) groups excluding carboxylic acids is 1. The molecule has 0 atom stereocenters. The molecule has 0 aliphatic carbocycles. The maximum atomic E-state index is 12.1. The highest BCUT2D eigenvalue weighted by Crippen LogP contribution is 2.13. The standard InChI is InChI=1S/C15H17N5O4/c1-10-2-4-11(5-3-10)15(21)23-19-14(12-13(16)18-24-17-12)20-6-8-22-9-7-20/h2-5H,6-9H2,1H3,(H2,16,18). The Hall–Kier alpha value is -2.94. The fourth-order valence-electron chi connectivity index (χ4n) is 2.20. The van der Waals surface area contributed by atoms with Gasteiger partial charge < -0.3 is 20.2 Å². The Labute approximate surface area is 138 Å². The molecule has 1 aliphatic heterocycles. The summed E-state index contributed by atoms with van der Waals surface area (Å²) in [5, 5.41) is 11.2. The van der Waals surface area contributed by atoms with Crippen molar-refractivity contribution in [3.63, 3.8) is 0 Å². The van der Waals surface area contributed by atoms with Gasteiger partial charge in [-0.3, -0.25) is 0 Å². The first-order valence-corrected chi connectivity index (χ1v) is 7.42. The minimum absolute atomic E-state index is 0.0756. The summed E-state index contributed by atoms with van der Waals surface area (Å²) >= 11 is 0. The van der Waals surface area contributed by atoms with Crippen LogP contribution in [0.25, 0.3) is 0 Å². The van der Waals surface area contributed by atoms with E-state index in [1.165, 1.54) is 0 Å². The quantitative estimate of drug-likeness (QED) is 0.380. The molecular weight excluding hydrogens is 314 g/mol. The molecule has 1 saturated heterocycles. The lowest BCUT2D eigenvalue weighted by Crippen LogP contribution is -2.41. The second kappa shape index (κ2) is 7.09. The molecule has 0 saturated carbocycles. The maximum absolute atomic E-state index is 12.1. The Kier molecular flexibility index (Phi) is 4.71. The number of aryl methyl sites for hydroxylation is 1. The Balaban J connectivity index is 1.82. The zero-order chi connectivity index (χ0) is 16.9. The van der Waals surface area contributed by atoms with Crippen LogP contribution in [-0.2, 0) is 9.57 Å². The minimum atomic E-state index is -0.573. The number of ether oxygens (including phenoxy) is 1. The van der Waals surface area contributed by atoms with Gasteiger partial charge in [-0.1, -0.05) is 22.9 Å². The molecular formula is C15H17N5O4. The molecule has 2 aromatic rings. The number of aromatic nitrogens is 2. The van der Waals surface area contributed by atoms with Gasteiger partial charge in [0.15, 0.2) is 11.5 Å². The van der Waals surface area contributed by atoms with E-state index in [1.807, 2.05) is 24.0 Å². The predicted octanol–water partition coefficient (Wildman–Crippen LogP) is 0.811. The number of hydrogen-bond acceptors (Lipinski definition) is 8. The number of amidine groups is 1. The molecule has 1 aromatic carbocycles. The van der Waals surface area contributed by atoms with Gasteiger partial charge in [0.1, 0.15) is 0 Å². The molecule has 2 N–H and O–H groups in total. The lowest BCUT2D eigenvalue weighted by atomic mass is 10.2. The summed E-state index contributed by atoms with van der Waals surface area (Å²) in [6.07, 6.45) is 0. The zero-order valence-electron chi connectivity index (χ0n) is 13.1. The van der Waals surface area contributed by atoms with E-state index >= 15 is 0 Å². The van der Waals surface area contributed by atoms with E-state index in [0.29, 0.717) is 31.9 Å². The summed E-state index contributed by atoms with van der Waals surface area (Å²) in [6.45, 7) is 4.11. The molecule has 9 heteroatoms. The van der Waals surface area contributed by atoms with Crippen LogP contribution in [0.5, 0.6) is 0 Å². The fraction of sp³-hybridized carbons (Fsp3) is 0.333. The Morgan fingerprint density at radius 2 is 1.96 bits per heavy atom. The van der Waals surface area contributed by atoms with E-state index in [0.717, 1.165) is 5.56 Å². The van der Waals surface area contributed by atoms with Gasteiger partial charge >= 0.3 is 5.97 Å². The van der Waals surface area contributed by atoms with Crippen molar-refractivity contribution in [1.82, 2.24) is 15.2 Å². The number of carbonyl (C=O) groups is 1. The highest BCUT2D eigenvalue weighted by molar-refractivity contribution is 6.00. The number of rotatable bonds is 3. The molecule has 3 rings (SSSR count). The fourth-order valence-corrected chi connectivity index (χ4v) is 2.20. The molecule has 1 aliphatic rings. The zero-order valence-corrected chi connectivity index (χ0v) is 13.1. The first-order valence-electron chi connectivity index (χ1n) is 7.42. The van der Waals surface area contributed by atoms with E-state index in [9.17, 15) is 4.79 Å². The normalized spacial score (nSPS) is 15.4. The summed E-state index contributed by atoms with van der Waals surface area (Å²) < 4.78 is 9.93. The highest BCUT2D eigenvalue weighted by Gasteiger charge is 2.24. The number of morpholine rings is 1. The number of benzene rings is 1. The Bertz CT molecular complexity index is 735. The van der Waals surface area contributed by atoms with E-state index in [-0.39, 0.29) is 17.3 Å². The molecule has 1 fully saturated rings. The molecule has 0 amide bonds. The number of oxime groups is 1. The van der Waals surface area contributed by atoms with Crippen LogP contribution in [0.1, 0.15) is 21.6 Å². The van der Waals surface area contributed by atoms with Gasteiger partial charge in [-0.15, -0.1) is 0 Å². The summed E-state index contributed by atoms with van der Waals surface area (Å²) in [6, 6.07) is 6.99. The van der Waals surface area contributed by atoms with Crippen LogP contribution in [0.3, 0.4) is 0 Å². The third-order valence-electron chi connectivity index (χ3n) is 3.54. The van der Waals surface area contributed by atoms with E-state index in [2.05, 4.69) is 20.1 Å². The third-order valence-corrected chi connectivity index (χ3v) is 3.54. The SMILES string of the molecule is Cc1ccc(C(=O)ON=C(c2nonc2N)N2CCOCC2)cc1. The third kappa shape index (κ3) is 3.51. The summed E-state index contributed by atoms with van der Waals surface area (Å²) in [5.74, 6) is -0.208. The average Bonchev–Trinajstić information content (AvgIpc) is 3.02. The summed E-state index contributed by atoms with van der Waals surface area (Å²) in [7, 11) is 0. The first-order chi connectivity index (χ1) is 11.6. The molecule has 1 aromatic heterocycles. The van der Waals surface area contributed by atoms with Crippen LogP contribution in [0.15, 0.2) is 34.1 Å². The molecule has 0 spiro atoms. The van der Waals surface area contributed by atoms with Crippen LogP contribution in [0, 0.1) is 6.92 Å². The molecule has 9 nitrogen and oxygen atoms in total. The Morgan fingerprint density at radius 3 is 2.58 bits per heavy atom. The molecule has 0 bridgehead atoms. The Morgan fingerprint density at radius 1 is 1.25 bits per heavy atom. The highest BCUT2D eigenvalue weighted by atomic mass is 16.7. The van der Waals surface area contributed by atoms with Gasteiger partial charge in [0.2, 0.25) is 5.84 Å². The molecule has 126 valence electrons. The van der Waals surface area contributed by atoms with Crippen molar-refractivity contribution in [1.29, 1.82) is 0 Å². The second-order valence-corrected chi connectivity index (χ2v) is 5.26. The van der Waals surface area contributed by atoms with Crippen LogP contribution in [0.4, 0.5) is 5.82 Å². The second-order valence-electron chi connectivity index (χ2n) is 5.26. The molecule has 2 heterocycles. The van der Waals surface area contributed by atoms with E-state index in [4.69, 9.17) is 15.3 Å². The first kappa shape index (κ1) is 15.9. The van der Waals surface area contributed by atoms with Crippen LogP contribution in [0.2, 0.25) is 0 Å². The summed E-state index contributed by atoms with van der Waals surface area (Å²) in [4.78, 5) is 19.0. The van der Waals surface area contributed by atoms with Crippen LogP contribution in [-0.4, -0.2) is 53.3 Å². The molecule has 24 heavy (non-hydrogen) atoms. The lowest BCUT2D eigenvalue weighted by molar-refractivity contribution is 0.0481. The number of nitrogens with zero attached hydrogens (tertiary/aromatic N) is 4. The van der Waals surface area contributed by atoms with Crippen molar-refractivity contribution in [3.05, 3.63) is 41.1 Å². The van der Waals surface area contributed by atoms with E-state index < -0.39 is 5.97 Å². The van der Waals surface area contributed by atoms with Crippen molar-refractivity contribution in [2.45, 2.75) is 6.92 Å². The lowest BCUT2D eigenvalue weighted by Gasteiger charge is -2.28. The van der Waals surface area contributed by atoms with E-state index in [1.54, 1.807) is 12.1 Å². The van der Waals surface area contributed by atoms with Crippen molar-refractivity contribution >= 4 is 17.6 Å². The van der Waals surface area contributed by atoms with Crippen molar-refractivity contribution in [2.75, 3.05) is 32.0 Å². The average molecular weight is 331 g/mol. The van der Waals surface area contributed by atoms with Crippen molar-refractivity contribution in [3.8, 4) is 0 Å². The van der Waals surface area contributed by atoms with Gasteiger partial charge in [-0.05, 0) is 29.4 Å². The van der Waals surface area contributed by atoms with Gasteiger partial charge in [-0.25, -0.2) is 9.42 Å². The smallest absolute Gasteiger partial charge is 0.365 e. The topological polar surface area (TPSA) is 116 Å². The largest absolute Gasteiger partial charge is 0.379 e. The van der Waals surface area contributed by atoms with Gasteiger partial charge in [0, 0.05) is 13.1 Å². The monoisotopic (exact) mass is 331 g/mol. The number of nitrogen functional groups attached to an aromatic ring is 1.